The minimum absolute atomic E-state index is 0.209. The molecule has 0 aliphatic heterocycles. The molecule has 1 heterocycles. The van der Waals surface area contributed by atoms with Crippen molar-refractivity contribution in [2.45, 2.75) is 70.1 Å². The average Bonchev–Trinajstić information content (AvgIpc) is 3.09. The average molecular weight is 479 g/mol. The highest BCUT2D eigenvalue weighted by atomic mass is 79.9. The van der Waals surface area contributed by atoms with E-state index < -0.39 is 5.60 Å². The molecule has 1 amide bonds. The smallest absolute Gasteiger partial charge is 0.407 e. The number of hydrogen-bond acceptors (Lipinski definition) is 4. The Morgan fingerprint density at radius 2 is 1.83 bits per heavy atom. The van der Waals surface area contributed by atoms with E-state index in [2.05, 4.69) is 68.3 Å². The Kier molecular flexibility index (Phi) is 7.77. The Labute approximate surface area is 186 Å². The number of alkyl carbamates (subject to hydrolysis) is 1. The van der Waals surface area contributed by atoms with E-state index in [1.165, 1.54) is 10.4 Å². The molecule has 1 unspecified atom stereocenters. The van der Waals surface area contributed by atoms with Gasteiger partial charge in [-0.1, -0.05) is 30.3 Å². The molecular weight excluding hydrogens is 448 g/mol. The molecule has 1 aromatic carbocycles. The number of carbonyl (C=O) groups excluding carboxylic acids is 1. The molecule has 2 aromatic rings. The van der Waals surface area contributed by atoms with Gasteiger partial charge in [0.25, 0.3) is 0 Å². The maximum atomic E-state index is 12.0. The Bertz CT molecular complexity index is 780. The number of amides is 1. The van der Waals surface area contributed by atoms with E-state index in [-0.39, 0.29) is 12.1 Å². The zero-order valence-electron chi connectivity index (χ0n) is 17.4. The molecule has 1 saturated carbocycles. The lowest BCUT2D eigenvalue weighted by atomic mass is 9.90. The van der Waals surface area contributed by atoms with E-state index in [9.17, 15) is 4.79 Å². The van der Waals surface area contributed by atoms with E-state index in [0.717, 1.165) is 36.7 Å². The van der Waals surface area contributed by atoms with Gasteiger partial charge < -0.3 is 15.4 Å². The summed E-state index contributed by atoms with van der Waals surface area (Å²) in [6.07, 6.45) is 3.79. The Hall–Kier alpha value is -1.37. The second-order valence-corrected chi connectivity index (χ2v) is 10.6. The number of nitrogens with one attached hydrogen (secondary N) is 2. The molecule has 1 aliphatic carbocycles. The quantitative estimate of drug-likeness (QED) is 0.529. The fourth-order valence-electron chi connectivity index (χ4n) is 3.78. The number of halogens is 1. The van der Waals surface area contributed by atoms with Gasteiger partial charge in [0.2, 0.25) is 0 Å². The molecule has 29 heavy (non-hydrogen) atoms. The molecule has 4 nitrogen and oxygen atoms in total. The van der Waals surface area contributed by atoms with Gasteiger partial charge >= 0.3 is 6.09 Å². The maximum Gasteiger partial charge on any atom is 0.407 e. The topological polar surface area (TPSA) is 50.4 Å². The lowest BCUT2D eigenvalue weighted by molar-refractivity contribution is 0.0490. The Morgan fingerprint density at radius 3 is 2.41 bits per heavy atom. The molecule has 0 bridgehead atoms. The molecule has 1 atom stereocenters. The van der Waals surface area contributed by atoms with Crippen LogP contribution in [-0.4, -0.2) is 30.3 Å². The van der Waals surface area contributed by atoms with Gasteiger partial charge in [0.15, 0.2) is 0 Å². The van der Waals surface area contributed by atoms with E-state index >= 15 is 0 Å². The SMILES string of the molecule is CC(C)(C)OC(=O)NC1CCC(NCC(c2ccccc2)c2cc(Br)cs2)CC1. The molecule has 0 saturated heterocycles. The third kappa shape index (κ3) is 7.12. The fourth-order valence-corrected chi connectivity index (χ4v) is 5.35. The molecular formula is C23H31BrN2O2S. The van der Waals surface area contributed by atoms with E-state index in [0.29, 0.717) is 12.0 Å². The number of ether oxygens (including phenoxy) is 1. The highest BCUT2D eigenvalue weighted by Gasteiger charge is 2.25. The van der Waals surface area contributed by atoms with Crippen molar-refractivity contribution in [3.63, 3.8) is 0 Å². The first-order chi connectivity index (χ1) is 13.8. The first-order valence-electron chi connectivity index (χ1n) is 10.3. The van der Waals surface area contributed by atoms with Crippen LogP contribution < -0.4 is 10.6 Å². The number of benzene rings is 1. The van der Waals surface area contributed by atoms with Crippen LogP contribution in [0.3, 0.4) is 0 Å². The van der Waals surface area contributed by atoms with Crippen LogP contribution in [0.25, 0.3) is 0 Å². The molecule has 0 radical (unpaired) electrons. The minimum Gasteiger partial charge on any atom is -0.444 e. The lowest BCUT2D eigenvalue weighted by Crippen LogP contribution is -2.44. The predicted molar refractivity (Wildman–Crippen MR) is 124 cm³/mol. The van der Waals surface area contributed by atoms with Crippen LogP contribution in [0.1, 0.15) is 62.8 Å². The van der Waals surface area contributed by atoms with Gasteiger partial charge in [0.05, 0.1) is 0 Å². The van der Waals surface area contributed by atoms with Gasteiger partial charge in [0, 0.05) is 39.3 Å². The fraction of sp³-hybridized carbons (Fsp3) is 0.522. The van der Waals surface area contributed by atoms with Crippen LogP contribution in [0.15, 0.2) is 46.3 Å². The predicted octanol–water partition coefficient (Wildman–Crippen LogP) is 6.07. The molecule has 158 valence electrons. The van der Waals surface area contributed by atoms with Gasteiger partial charge in [-0.15, -0.1) is 11.3 Å². The first-order valence-corrected chi connectivity index (χ1v) is 12.0. The molecule has 1 aromatic heterocycles. The van der Waals surface area contributed by atoms with Crippen molar-refractivity contribution in [2.75, 3.05) is 6.54 Å². The van der Waals surface area contributed by atoms with E-state index in [1.807, 2.05) is 20.8 Å². The second kappa shape index (κ2) is 10.1. The maximum absolute atomic E-state index is 12.0. The van der Waals surface area contributed by atoms with Gasteiger partial charge in [-0.25, -0.2) is 4.79 Å². The van der Waals surface area contributed by atoms with Crippen molar-refractivity contribution in [3.05, 3.63) is 56.7 Å². The van der Waals surface area contributed by atoms with Gasteiger partial charge in [-0.2, -0.15) is 0 Å². The standard InChI is InChI=1S/C23H31BrN2O2S/c1-23(2,3)28-22(27)26-19-11-9-18(10-12-19)25-14-20(16-7-5-4-6-8-16)21-13-17(24)15-29-21/h4-8,13,15,18-20,25H,9-12,14H2,1-3H3,(H,26,27). The van der Waals surface area contributed by atoms with Crippen LogP contribution in [0.4, 0.5) is 4.79 Å². The summed E-state index contributed by atoms with van der Waals surface area (Å²) in [5.41, 5.74) is 0.890. The first kappa shape index (κ1) is 22.3. The van der Waals surface area contributed by atoms with Gasteiger partial charge in [0.1, 0.15) is 5.60 Å². The molecule has 0 spiro atoms. The minimum atomic E-state index is -0.452. The normalized spacial score (nSPS) is 20.8. The Morgan fingerprint density at radius 1 is 1.17 bits per heavy atom. The molecule has 6 heteroatoms. The van der Waals surface area contributed by atoms with Crippen molar-refractivity contribution in [1.29, 1.82) is 0 Å². The van der Waals surface area contributed by atoms with Crippen LogP contribution >= 0.6 is 27.3 Å². The third-order valence-electron chi connectivity index (χ3n) is 5.19. The summed E-state index contributed by atoms with van der Waals surface area (Å²) in [7, 11) is 0. The summed E-state index contributed by atoms with van der Waals surface area (Å²) >= 11 is 5.39. The Balaban J connectivity index is 1.51. The highest BCUT2D eigenvalue weighted by Crippen LogP contribution is 2.32. The molecule has 3 rings (SSSR count). The number of carbonyl (C=O) groups is 1. The molecule has 1 aliphatic rings. The van der Waals surface area contributed by atoms with Crippen LogP contribution in [0.2, 0.25) is 0 Å². The zero-order chi connectivity index (χ0) is 20.9. The van der Waals surface area contributed by atoms with Gasteiger partial charge in [-0.05, 0) is 74.0 Å². The van der Waals surface area contributed by atoms with Crippen molar-refractivity contribution in [2.24, 2.45) is 0 Å². The molecule has 1 fully saturated rings. The zero-order valence-corrected chi connectivity index (χ0v) is 19.8. The van der Waals surface area contributed by atoms with E-state index in [1.54, 1.807) is 11.3 Å². The number of hydrogen-bond donors (Lipinski definition) is 2. The third-order valence-corrected chi connectivity index (χ3v) is 7.00. The lowest BCUT2D eigenvalue weighted by Gasteiger charge is -2.31. The summed E-state index contributed by atoms with van der Waals surface area (Å²) in [6, 6.07) is 13.6. The largest absolute Gasteiger partial charge is 0.444 e. The monoisotopic (exact) mass is 478 g/mol. The van der Waals surface area contributed by atoms with Crippen molar-refractivity contribution < 1.29 is 9.53 Å². The van der Waals surface area contributed by atoms with Gasteiger partial charge in [-0.3, -0.25) is 0 Å². The summed E-state index contributed by atoms with van der Waals surface area (Å²) in [4.78, 5) is 13.4. The van der Waals surface area contributed by atoms with Crippen molar-refractivity contribution >= 4 is 33.4 Å². The number of rotatable bonds is 6. The van der Waals surface area contributed by atoms with Crippen molar-refractivity contribution in [1.82, 2.24) is 10.6 Å². The summed E-state index contributed by atoms with van der Waals surface area (Å²) in [6.45, 7) is 6.60. The van der Waals surface area contributed by atoms with E-state index in [4.69, 9.17) is 4.74 Å². The van der Waals surface area contributed by atoms with Crippen LogP contribution in [0.5, 0.6) is 0 Å². The molecule has 2 N–H and O–H groups in total. The summed E-state index contributed by atoms with van der Waals surface area (Å²) < 4.78 is 6.52. The van der Waals surface area contributed by atoms with Crippen LogP contribution in [0, 0.1) is 0 Å². The van der Waals surface area contributed by atoms with Crippen LogP contribution in [-0.2, 0) is 4.74 Å². The summed E-state index contributed by atoms with van der Waals surface area (Å²) in [5, 5.41) is 8.96. The second-order valence-electron chi connectivity index (χ2n) is 8.73. The van der Waals surface area contributed by atoms with Crippen molar-refractivity contribution in [3.8, 4) is 0 Å². The summed E-state index contributed by atoms with van der Waals surface area (Å²) in [5.74, 6) is 0.352. The number of thiophene rings is 1. The highest BCUT2D eigenvalue weighted by molar-refractivity contribution is 9.10.